The second-order valence-electron chi connectivity index (χ2n) is 6.12. The first kappa shape index (κ1) is 17.5. The number of hydrogen-bond donors (Lipinski definition) is 1. The van der Waals surface area contributed by atoms with Gasteiger partial charge in [-0.25, -0.2) is 0 Å². The van der Waals surface area contributed by atoms with E-state index in [1.165, 1.54) is 4.80 Å². The number of tetrazole rings is 1. The molecule has 9 heteroatoms. The monoisotopic (exact) mass is 406 g/mol. The minimum atomic E-state index is -0.554. The van der Waals surface area contributed by atoms with Gasteiger partial charge in [-0.3, -0.25) is 9.59 Å². The number of rotatable bonds is 4. The van der Waals surface area contributed by atoms with Crippen LogP contribution in [0.3, 0.4) is 0 Å². The summed E-state index contributed by atoms with van der Waals surface area (Å²) in [7, 11) is 0. The Morgan fingerprint density at radius 1 is 1.24 bits per heavy atom. The number of aromatic nitrogens is 4. The Hall–Kier alpha value is -2.29. The molecule has 0 spiro atoms. The van der Waals surface area contributed by atoms with Gasteiger partial charge in [-0.2, -0.15) is 4.80 Å². The van der Waals surface area contributed by atoms with Crippen LogP contribution in [0.25, 0.3) is 11.4 Å². The first-order chi connectivity index (χ1) is 12.0. The van der Waals surface area contributed by atoms with Gasteiger partial charge in [0.1, 0.15) is 6.04 Å². The van der Waals surface area contributed by atoms with Crippen molar-refractivity contribution in [2.24, 2.45) is 11.7 Å². The zero-order valence-corrected chi connectivity index (χ0v) is 15.4. The van der Waals surface area contributed by atoms with E-state index in [2.05, 4.69) is 31.3 Å². The molecule has 0 aliphatic carbocycles. The van der Waals surface area contributed by atoms with Crippen molar-refractivity contribution in [1.82, 2.24) is 25.1 Å². The molecular formula is C16H19BrN6O2. The van der Waals surface area contributed by atoms with Gasteiger partial charge in [0.25, 0.3) is 0 Å². The average Bonchev–Trinajstić information content (AvgIpc) is 3.11. The van der Waals surface area contributed by atoms with E-state index in [9.17, 15) is 9.59 Å². The number of primary amides is 1. The molecule has 1 unspecified atom stereocenters. The molecule has 1 aliphatic rings. The van der Waals surface area contributed by atoms with Crippen LogP contribution >= 0.6 is 15.9 Å². The van der Waals surface area contributed by atoms with Crippen molar-refractivity contribution in [3.63, 3.8) is 0 Å². The molecular weight excluding hydrogens is 388 g/mol. The number of amides is 2. The zero-order chi connectivity index (χ0) is 18.0. The van der Waals surface area contributed by atoms with Gasteiger partial charge in [-0.05, 0) is 49.2 Å². The van der Waals surface area contributed by atoms with Crippen molar-refractivity contribution in [3.05, 3.63) is 28.7 Å². The fraction of sp³-hybridized carbons (Fsp3) is 0.438. The van der Waals surface area contributed by atoms with Crippen molar-refractivity contribution >= 4 is 27.7 Å². The van der Waals surface area contributed by atoms with Gasteiger partial charge < -0.3 is 10.6 Å². The van der Waals surface area contributed by atoms with Gasteiger partial charge in [-0.1, -0.05) is 15.9 Å². The number of nitrogens with two attached hydrogens (primary N) is 1. The summed E-state index contributed by atoms with van der Waals surface area (Å²) in [5, 5.41) is 12.4. The standard InChI is InChI=1S/C16H19BrN6O2/c1-10(16(25)22-8-6-11(7-9-22)14(18)24)23-20-15(19-21-23)12-2-4-13(17)5-3-12/h2-5,10-11H,6-9H2,1H3,(H2,18,24). The van der Waals surface area contributed by atoms with Crippen molar-refractivity contribution in [2.75, 3.05) is 13.1 Å². The van der Waals surface area contributed by atoms with Crippen LogP contribution in [0.15, 0.2) is 28.7 Å². The fourth-order valence-corrected chi connectivity index (χ4v) is 3.12. The maximum atomic E-state index is 12.6. The largest absolute Gasteiger partial charge is 0.369 e. The Labute approximate surface area is 153 Å². The van der Waals surface area contributed by atoms with Crippen molar-refractivity contribution < 1.29 is 9.59 Å². The molecule has 2 aromatic rings. The summed E-state index contributed by atoms with van der Waals surface area (Å²) in [6.07, 6.45) is 1.20. The molecule has 1 atom stereocenters. The molecule has 1 aromatic heterocycles. The fourth-order valence-electron chi connectivity index (χ4n) is 2.85. The summed E-state index contributed by atoms with van der Waals surface area (Å²) in [4.78, 5) is 26.9. The molecule has 25 heavy (non-hydrogen) atoms. The lowest BCUT2D eigenvalue weighted by molar-refractivity contribution is -0.138. The minimum absolute atomic E-state index is 0.0809. The zero-order valence-electron chi connectivity index (χ0n) is 13.8. The number of likely N-dealkylation sites (tertiary alicyclic amines) is 1. The third-order valence-corrected chi connectivity index (χ3v) is 4.97. The van der Waals surface area contributed by atoms with Gasteiger partial charge in [-0.15, -0.1) is 10.2 Å². The normalized spacial score (nSPS) is 16.6. The van der Waals surface area contributed by atoms with E-state index in [4.69, 9.17) is 5.73 Å². The molecule has 1 aromatic carbocycles. The van der Waals surface area contributed by atoms with Crippen molar-refractivity contribution in [3.8, 4) is 11.4 Å². The molecule has 132 valence electrons. The summed E-state index contributed by atoms with van der Waals surface area (Å²) in [6.45, 7) is 2.78. The van der Waals surface area contributed by atoms with E-state index < -0.39 is 6.04 Å². The topological polar surface area (TPSA) is 107 Å². The Kier molecular flexibility index (Phi) is 5.12. The lowest BCUT2D eigenvalue weighted by Gasteiger charge is -2.31. The molecule has 2 amide bonds. The van der Waals surface area contributed by atoms with Crippen LogP contribution < -0.4 is 5.73 Å². The highest BCUT2D eigenvalue weighted by Crippen LogP contribution is 2.21. The maximum absolute atomic E-state index is 12.6. The van der Waals surface area contributed by atoms with E-state index in [1.54, 1.807) is 11.8 Å². The summed E-state index contributed by atoms with van der Waals surface area (Å²) in [5.74, 6) is -0.0487. The van der Waals surface area contributed by atoms with Crippen molar-refractivity contribution in [1.29, 1.82) is 0 Å². The lowest BCUT2D eigenvalue weighted by Crippen LogP contribution is -2.44. The minimum Gasteiger partial charge on any atom is -0.369 e. The summed E-state index contributed by atoms with van der Waals surface area (Å²) >= 11 is 3.38. The first-order valence-electron chi connectivity index (χ1n) is 8.09. The molecule has 3 rings (SSSR count). The lowest BCUT2D eigenvalue weighted by atomic mass is 9.96. The number of nitrogens with zero attached hydrogens (tertiary/aromatic N) is 5. The number of benzene rings is 1. The summed E-state index contributed by atoms with van der Waals surface area (Å²) < 4.78 is 0.964. The Morgan fingerprint density at radius 3 is 2.48 bits per heavy atom. The van der Waals surface area contributed by atoms with Gasteiger partial charge in [0.15, 0.2) is 0 Å². The molecule has 2 N–H and O–H groups in total. The van der Waals surface area contributed by atoms with Gasteiger partial charge in [0.2, 0.25) is 17.6 Å². The third-order valence-electron chi connectivity index (χ3n) is 4.44. The third kappa shape index (κ3) is 3.87. The maximum Gasteiger partial charge on any atom is 0.249 e. The first-order valence-corrected chi connectivity index (χ1v) is 8.88. The van der Waals surface area contributed by atoms with E-state index in [0.717, 1.165) is 10.0 Å². The van der Waals surface area contributed by atoms with Gasteiger partial charge >= 0.3 is 0 Å². The van der Waals surface area contributed by atoms with Crippen LogP contribution in [-0.2, 0) is 9.59 Å². The summed E-state index contributed by atoms with van der Waals surface area (Å²) in [6, 6.07) is 7.00. The van der Waals surface area contributed by atoms with E-state index in [-0.39, 0.29) is 17.7 Å². The second-order valence-corrected chi connectivity index (χ2v) is 7.03. The Bertz CT molecular complexity index is 767. The van der Waals surface area contributed by atoms with Crippen LogP contribution in [0.4, 0.5) is 0 Å². The van der Waals surface area contributed by atoms with Crippen LogP contribution in [-0.4, -0.2) is 50.0 Å². The predicted molar refractivity (Wildman–Crippen MR) is 94.2 cm³/mol. The smallest absolute Gasteiger partial charge is 0.249 e. The molecule has 0 radical (unpaired) electrons. The Balaban J connectivity index is 1.67. The number of carbonyl (C=O) groups is 2. The highest BCUT2D eigenvalue weighted by atomic mass is 79.9. The highest BCUT2D eigenvalue weighted by molar-refractivity contribution is 9.10. The molecule has 1 aliphatic heterocycles. The van der Waals surface area contributed by atoms with Crippen LogP contribution in [0.2, 0.25) is 0 Å². The Morgan fingerprint density at radius 2 is 1.88 bits per heavy atom. The van der Waals surface area contributed by atoms with E-state index in [1.807, 2.05) is 24.3 Å². The average molecular weight is 407 g/mol. The van der Waals surface area contributed by atoms with Gasteiger partial charge in [0, 0.05) is 29.0 Å². The van der Waals surface area contributed by atoms with Crippen LogP contribution in [0.1, 0.15) is 25.8 Å². The number of halogens is 1. The number of hydrogen-bond acceptors (Lipinski definition) is 5. The summed E-state index contributed by atoms with van der Waals surface area (Å²) in [5.41, 5.74) is 6.16. The van der Waals surface area contributed by atoms with Crippen LogP contribution in [0, 0.1) is 5.92 Å². The molecule has 0 saturated carbocycles. The molecule has 1 saturated heterocycles. The molecule has 0 bridgehead atoms. The molecule has 1 fully saturated rings. The quantitative estimate of drug-likeness (QED) is 0.824. The van der Waals surface area contributed by atoms with Crippen LogP contribution in [0.5, 0.6) is 0 Å². The second kappa shape index (κ2) is 7.30. The SMILES string of the molecule is CC(C(=O)N1CCC(C(N)=O)CC1)n1nnc(-c2ccc(Br)cc2)n1. The van der Waals surface area contributed by atoms with Crippen molar-refractivity contribution in [2.45, 2.75) is 25.8 Å². The van der Waals surface area contributed by atoms with Gasteiger partial charge in [0.05, 0.1) is 0 Å². The predicted octanol–water partition coefficient (Wildman–Crippen LogP) is 1.39. The molecule has 8 nitrogen and oxygen atoms in total. The number of piperidine rings is 1. The number of carbonyl (C=O) groups excluding carboxylic acids is 2. The van der Waals surface area contributed by atoms with E-state index in [0.29, 0.717) is 31.8 Å². The molecule has 2 heterocycles. The van der Waals surface area contributed by atoms with E-state index >= 15 is 0 Å². The highest BCUT2D eigenvalue weighted by Gasteiger charge is 2.30.